The van der Waals surface area contributed by atoms with Crippen molar-refractivity contribution in [3.8, 4) is 0 Å². The van der Waals surface area contributed by atoms with Crippen molar-refractivity contribution in [1.29, 1.82) is 0 Å². The van der Waals surface area contributed by atoms with Crippen LogP contribution in [0.15, 0.2) is 56.4 Å². The number of isocyanates is 4. The first-order chi connectivity index (χ1) is 13.0. The van der Waals surface area contributed by atoms with Gasteiger partial charge in [0.05, 0.1) is 22.7 Å². The minimum absolute atomic E-state index is 0.296. The quantitative estimate of drug-likeness (QED) is 0.573. The maximum Gasteiger partial charge on any atom is 0.240 e. The van der Waals surface area contributed by atoms with Crippen LogP contribution in [0.25, 0.3) is 0 Å². The molecule has 0 amide bonds. The number of carbonyl (C=O) groups excluding carboxylic acids is 4. The SMILES string of the molecule is CC(C)(c1cc(N=C=O)ccc1N=C=O)c1cc(N=C=O)ccc1N=C=O. The molecule has 0 saturated carbocycles. The standard InChI is InChI=1S/C19H12N4O4/c1-19(2,15-7-13(20-9-24)3-5-17(15)22-11-26)16-8-14(21-10-25)4-6-18(16)23-12-27/h3-8H,1-2H3. The summed E-state index contributed by atoms with van der Waals surface area (Å²) in [6.45, 7) is 3.57. The molecule has 0 aromatic heterocycles. The van der Waals surface area contributed by atoms with Gasteiger partial charge in [-0.05, 0) is 47.5 Å². The first kappa shape index (κ1) is 19.3. The minimum atomic E-state index is -0.881. The van der Waals surface area contributed by atoms with E-state index in [1.807, 2.05) is 0 Å². The van der Waals surface area contributed by atoms with Crippen molar-refractivity contribution in [2.45, 2.75) is 19.3 Å². The molecule has 0 aliphatic rings. The fourth-order valence-corrected chi connectivity index (χ4v) is 2.73. The summed E-state index contributed by atoms with van der Waals surface area (Å²) in [7, 11) is 0. The van der Waals surface area contributed by atoms with Crippen LogP contribution in [0.5, 0.6) is 0 Å². The molecule has 2 aromatic rings. The number of aliphatic imine (C=N–C) groups is 4. The Morgan fingerprint density at radius 2 is 1.00 bits per heavy atom. The van der Waals surface area contributed by atoms with Crippen LogP contribution in [0, 0.1) is 0 Å². The lowest BCUT2D eigenvalue weighted by molar-refractivity contribution is 0.564. The van der Waals surface area contributed by atoms with E-state index >= 15 is 0 Å². The Bertz CT molecular complexity index is 995. The number of hydrogen-bond donors (Lipinski definition) is 0. The van der Waals surface area contributed by atoms with Gasteiger partial charge in [-0.1, -0.05) is 13.8 Å². The van der Waals surface area contributed by atoms with Crippen LogP contribution in [-0.4, -0.2) is 24.3 Å². The Kier molecular flexibility index (Phi) is 5.98. The summed E-state index contributed by atoms with van der Waals surface area (Å²) >= 11 is 0. The summed E-state index contributed by atoms with van der Waals surface area (Å²) in [5.74, 6) is 0. The zero-order chi connectivity index (χ0) is 19.9. The van der Waals surface area contributed by atoms with Gasteiger partial charge in [-0.2, -0.15) is 20.0 Å². The van der Waals surface area contributed by atoms with Crippen LogP contribution in [-0.2, 0) is 24.6 Å². The van der Waals surface area contributed by atoms with Gasteiger partial charge in [-0.25, -0.2) is 19.2 Å². The summed E-state index contributed by atoms with van der Waals surface area (Å²) in [6.07, 6.45) is 5.87. The van der Waals surface area contributed by atoms with Gasteiger partial charge in [-0.3, -0.25) is 0 Å². The second kappa shape index (κ2) is 8.37. The average Bonchev–Trinajstić information content (AvgIpc) is 2.65. The number of rotatable bonds is 6. The first-order valence-corrected chi connectivity index (χ1v) is 7.58. The van der Waals surface area contributed by atoms with E-state index in [0.717, 1.165) is 0 Å². The van der Waals surface area contributed by atoms with Crippen molar-refractivity contribution >= 4 is 47.1 Å². The molecule has 0 fully saturated rings. The molecule has 0 saturated heterocycles. The normalized spacial score (nSPS) is 9.85. The summed E-state index contributed by atoms with van der Waals surface area (Å²) in [4.78, 5) is 57.3. The van der Waals surface area contributed by atoms with E-state index < -0.39 is 5.41 Å². The van der Waals surface area contributed by atoms with Crippen molar-refractivity contribution in [1.82, 2.24) is 0 Å². The monoisotopic (exact) mass is 360 g/mol. The molecule has 0 aliphatic carbocycles. The molecule has 0 radical (unpaired) electrons. The van der Waals surface area contributed by atoms with Crippen LogP contribution < -0.4 is 0 Å². The van der Waals surface area contributed by atoms with Gasteiger partial charge in [0.1, 0.15) is 0 Å². The zero-order valence-electron chi connectivity index (χ0n) is 14.4. The van der Waals surface area contributed by atoms with E-state index in [1.165, 1.54) is 48.6 Å². The van der Waals surface area contributed by atoms with E-state index in [0.29, 0.717) is 33.9 Å². The summed E-state index contributed by atoms with van der Waals surface area (Å²) in [5.41, 5.74) is 1.35. The molecule has 8 nitrogen and oxygen atoms in total. The average molecular weight is 360 g/mol. The Hall–Kier alpha value is -4.04. The highest BCUT2D eigenvalue weighted by Crippen LogP contribution is 2.43. The van der Waals surface area contributed by atoms with Gasteiger partial charge in [0.15, 0.2) is 0 Å². The number of nitrogens with zero attached hydrogens (tertiary/aromatic N) is 4. The maximum atomic E-state index is 10.8. The summed E-state index contributed by atoms with van der Waals surface area (Å²) in [5, 5.41) is 0. The van der Waals surface area contributed by atoms with Gasteiger partial charge in [0.25, 0.3) is 0 Å². The lowest BCUT2D eigenvalue weighted by Gasteiger charge is -2.28. The van der Waals surface area contributed by atoms with Crippen LogP contribution in [0.1, 0.15) is 25.0 Å². The van der Waals surface area contributed by atoms with Crippen LogP contribution in [0.3, 0.4) is 0 Å². The minimum Gasteiger partial charge on any atom is -0.211 e. The lowest BCUT2D eigenvalue weighted by atomic mass is 9.76. The molecular weight excluding hydrogens is 348 g/mol. The molecule has 0 aliphatic heterocycles. The van der Waals surface area contributed by atoms with Crippen LogP contribution in [0.4, 0.5) is 22.7 Å². The van der Waals surface area contributed by atoms with Crippen molar-refractivity contribution in [2.75, 3.05) is 0 Å². The largest absolute Gasteiger partial charge is 0.240 e. The van der Waals surface area contributed by atoms with Gasteiger partial charge in [-0.15, -0.1) is 0 Å². The highest BCUT2D eigenvalue weighted by atomic mass is 16.1. The second-order valence-electron chi connectivity index (χ2n) is 5.84. The van der Waals surface area contributed by atoms with Gasteiger partial charge in [0, 0.05) is 5.41 Å². The van der Waals surface area contributed by atoms with E-state index in [9.17, 15) is 19.2 Å². The summed E-state index contributed by atoms with van der Waals surface area (Å²) < 4.78 is 0. The predicted molar refractivity (Wildman–Crippen MR) is 96.1 cm³/mol. The Labute approximate surface area is 153 Å². The maximum absolute atomic E-state index is 10.8. The fourth-order valence-electron chi connectivity index (χ4n) is 2.73. The van der Waals surface area contributed by atoms with E-state index in [2.05, 4.69) is 20.0 Å². The highest BCUT2D eigenvalue weighted by Gasteiger charge is 2.29. The molecule has 0 bridgehead atoms. The molecule has 0 atom stereocenters. The molecule has 27 heavy (non-hydrogen) atoms. The third-order valence-electron chi connectivity index (χ3n) is 3.99. The molecule has 8 heteroatoms. The topological polar surface area (TPSA) is 118 Å². The summed E-state index contributed by atoms with van der Waals surface area (Å²) in [6, 6.07) is 9.13. The smallest absolute Gasteiger partial charge is 0.211 e. The van der Waals surface area contributed by atoms with Crippen LogP contribution >= 0.6 is 0 Å². The molecule has 0 spiro atoms. The Morgan fingerprint density at radius 1 is 0.630 bits per heavy atom. The van der Waals surface area contributed by atoms with Crippen molar-refractivity contribution in [2.24, 2.45) is 20.0 Å². The molecule has 2 rings (SSSR count). The number of hydrogen-bond acceptors (Lipinski definition) is 8. The molecule has 132 valence electrons. The Balaban J connectivity index is 2.84. The molecule has 0 unspecified atom stereocenters. The highest BCUT2D eigenvalue weighted by molar-refractivity contribution is 5.69. The second-order valence-corrected chi connectivity index (χ2v) is 5.84. The molecule has 0 heterocycles. The van der Waals surface area contributed by atoms with Crippen molar-refractivity contribution < 1.29 is 19.2 Å². The van der Waals surface area contributed by atoms with E-state index in [1.54, 1.807) is 26.0 Å². The Morgan fingerprint density at radius 3 is 1.33 bits per heavy atom. The molecular formula is C19H12N4O4. The van der Waals surface area contributed by atoms with Crippen LogP contribution in [0.2, 0.25) is 0 Å². The van der Waals surface area contributed by atoms with Gasteiger partial charge >= 0.3 is 0 Å². The van der Waals surface area contributed by atoms with E-state index in [4.69, 9.17) is 0 Å². The third kappa shape index (κ3) is 4.14. The predicted octanol–water partition coefficient (Wildman–Crippen LogP) is 3.88. The van der Waals surface area contributed by atoms with Crippen molar-refractivity contribution in [3.05, 3.63) is 47.5 Å². The molecule has 2 aromatic carbocycles. The third-order valence-corrected chi connectivity index (χ3v) is 3.99. The molecule has 0 N–H and O–H groups in total. The zero-order valence-corrected chi connectivity index (χ0v) is 14.4. The lowest BCUT2D eigenvalue weighted by Crippen LogP contribution is -2.19. The van der Waals surface area contributed by atoms with Crippen molar-refractivity contribution in [3.63, 3.8) is 0 Å². The van der Waals surface area contributed by atoms with E-state index in [-0.39, 0.29) is 0 Å². The fraction of sp³-hybridized carbons (Fsp3) is 0.158. The van der Waals surface area contributed by atoms with Gasteiger partial charge in [0.2, 0.25) is 24.3 Å². The number of benzene rings is 2. The first-order valence-electron chi connectivity index (χ1n) is 7.58. The van der Waals surface area contributed by atoms with Gasteiger partial charge < -0.3 is 0 Å².